The Bertz CT molecular complexity index is 360. The van der Waals surface area contributed by atoms with E-state index in [0.717, 1.165) is 31.8 Å². The van der Waals surface area contributed by atoms with E-state index in [1.54, 1.807) is 0 Å². The van der Waals surface area contributed by atoms with Gasteiger partial charge in [-0.3, -0.25) is 9.69 Å². The van der Waals surface area contributed by atoms with Crippen molar-refractivity contribution in [2.45, 2.75) is 78.2 Å². The molecule has 1 aliphatic carbocycles. The SMILES string of the molecule is CCC[C@H](C(=O)OCCN1C[C@H](C)CC1(C)C)C1CCCC1. The second-order valence-electron chi connectivity index (χ2n) is 8.17. The van der Waals surface area contributed by atoms with Crippen LogP contribution in [-0.4, -0.2) is 36.1 Å². The van der Waals surface area contributed by atoms with Crippen LogP contribution in [0.3, 0.4) is 0 Å². The van der Waals surface area contributed by atoms with Crippen LogP contribution in [0.2, 0.25) is 0 Å². The minimum atomic E-state index is 0.0683. The summed E-state index contributed by atoms with van der Waals surface area (Å²) in [6.45, 7) is 11.7. The van der Waals surface area contributed by atoms with Crippen LogP contribution in [0.25, 0.3) is 0 Å². The molecule has 128 valence electrons. The summed E-state index contributed by atoms with van der Waals surface area (Å²) in [5.41, 5.74) is 0.250. The highest BCUT2D eigenvalue weighted by Gasteiger charge is 2.36. The van der Waals surface area contributed by atoms with Gasteiger partial charge in [0, 0.05) is 18.6 Å². The molecule has 2 aliphatic rings. The Kier molecular flexibility index (Phi) is 6.31. The van der Waals surface area contributed by atoms with Crippen molar-refractivity contribution in [3.05, 3.63) is 0 Å². The lowest BCUT2D eigenvalue weighted by Crippen LogP contribution is -2.40. The predicted molar refractivity (Wildman–Crippen MR) is 90.7 cm³/mol. The summed E-state index contributed by atoms with van der Waals surface area (Å²) in [7, 11) is 0. The lowest BCUT2D eigenvalue weighted by Gasteiger charge is -2.31. The summed E-state index contributed by atoms with van der Waals surface area (Å²) >= 11 is 0. The molecule has 2 atom stereocenters. The molecule has 3 heteroatoms. The highest BCUT2D eigenvalue weighted by Crippen LogP contribution is 2.35. The number of hydrogen-bond donors (Lipinski definition) is 0. The standard InChI is InChI=1S/C19H35NO2/c1-5-8-17(16-9-6-7-10-16)18(21)22-12-11-20-14-15(2)13-19(20,3)4/h15-17H,5-14H2,1-4H3/t15-,17+/m1/s1. The fourth-order valence-corrected chi connectivity index (χ4v) is 4.64. The zero-order chi connectivity index (χ0) is 16.2. The van der Waals surface area contributed by atoms with E-state index in [1.807, 2.05) is 0 Å². The number of nitrogens with zero attached hydrogens (tertiary/aromatic N) is 1. The average Bonchev–Trinajstić information content (AvgIpc) is 3.04. The summed E-state index contributed by atoms with van der Waals surface area (Å²) in [4.78, 5) is 15.0. The van der Waals surface area contributed by atoms with E-state index in [4.69, 9.17) is 4.74 Å². The normalized spacial score (nSPS) is 27.2. The van der Waals surface area contributed by atoms with Crippen molar-refractivity contribution in [2.75, 3.05) is 19.7 Å². The molecule has 0 aromatic carbocycles. The predicted octanol–water partition coefficient (Wildman–Crippen LogP) is 4.26. The van der Waals surface area contributed by atoms with E-state index in [1.165, 1.54) is 32.1 Å². The first-order chi connectivity index (χ1) is 10.4. The molecule has 1 saturated heterocycles. The van der Waals surface area contributed by atoms with Crippen LogP contribution >= 0.6 is 0 Å². The van der Waals surface area contributed by atoms with Crippen molar-refractivity contribution >= 4 is 5.97 Å². The van der Waals surface area contributed by atoms with E-state index in [2.05, 4.69) is 32.6 Å². The summed E-state index contributed by atoms with van der Waals surface area (Å²) in [5, 5.41) is 0. The maximum absolute atomic E-state index is 12.5. The van der Waals surface area contributed by atoms with Crippen LogP contribution in [0.1, 0.15) is 72.6 Å². The first-order valence-electron chi connectivity index (χ1n) is 9.35. The third-order valence-corrected chi connectivity index (χ3v) is 5.71. The Morgan fingerprint density at radius 2 is 2.00 bits per heavy atom. The molecule has 0 unspecified atom stereocenters. The average molecular weight is 309 g/mol. The van der Waals surface area contributed by atoms with Crippen molar-refractivity contribution in [3.63, 3.8) is 0 Å². The van der Waals surface area contributed by atoms with Gasteiger partial charge in [0.05, 0.1) is 5.92 Å². The zero-order valence-electron chi connectivity index (χ0n) is 15.1. The Morgan fingerprint density at radius 1 is 1.32 bits per heavy atom. The Labute approximate surface area is 136 Å². The number of rotatable bonds is 7. The molecule has 0 spiro atoms. The fraction of sp³-hybridized carbons (Fsp3) is 0.947. The second-order valence-corrected chi connectivity index (χ2v) is 8.17. The molecule has 1 aliphatic heterocycles. The van der Waals surface area contributed by atoms with Gasteiger partial charge in [0.25, 0.3) is 0 Å². The molecule has 2 fully saturated rings. The quantitative estimate of drug-likeness (QED) is 0.658. The highest BCUT2D eigenvalue weighted by molar-refractivity contribution is 5.72. The Balaban J connectivity index is 1.78. The van der Waals surface area contributed by atoms with Crippen LogP contribution < -0.4 is 0 Å². The lowest BCUT2D eigenvalue weighted by atomic mass is 9.87. The molecule has 22 heavy (non-hydrogen) atoms. The number of esters is 1. The largest absolute Gasteiger partial charge is 0.464 e. The van der Waals surface area contributed by atoms with E-state index >= 15 is 0 Å². The van der Waals surface area contributed by atoms with Crippen LogP contribution in [0.15, 0.2) is 0 Å². The van der Waals surface area contributed by atoms with E-state index in [-0.39, 0.29) is 17.4 Å². The van der Waals surface area contributed by atoms with Crippen LogP contribution in [-0.2, 0) is 9.53 Å². The first-order valence-corrected chi connectivity index (χ1v) is 9.35. The Hall–Kier alpha value is -0.570. The summed E-state index contributed by atoms with van der Waals surface area (Å²) in [6, 6.07) is 0. The molecule has 0 N–H and O–H groups in total. The van der Waals surface area contributed by atoms with Gasteiger partial charge in [0.15, 0.2) is 0 Å². The van der Waals surface area contributed by atoms with Gasteiger partial charge < -0.3 is 4.74 Å². The minimum Gasteiger partial charge on any atom is -0.464 e. The number of likely N-dealkylation sites (tertiary alicyclic amines) is 1. The zero-order valence-corrected chi connectivity index (χ0v) is 15.1. The molecule has 0 amide bonds. The van der Waals surface area contributed by atoms with Crippen molar-refractivity contribution in [1.82, 2.24) is 4.90 Å². The molecule has 1 heterocycles. The molecule has 0 aromatic heterocycles. The number of hydrogen-bond acceptors (Lipinski definition) is 3. The summed E-state index contributed by atoms with van der Waals surface area (Å²) < 4.78 is 5.68. The number of carbonyl (C=O) groups is 1. The van der Waals surface area contributed by atoms with Gasteiger partial charge in [-0.1, -0.05) is 33.1 Å². The molecule has 2 rings (SSSR count). The molecule has 1 saturated carbocycles. The molecule has 3 nitrogen and oxygen atoms in total. The highest BCUT2D eigenvalue weighted by atomic mass is 16.5. The molecular weight excluding hydrogens is 274 g/mol. The van der Waals surface area contributed by atoms with E-state index in [9.17, 15) is 4.79 Å². The maximum atomic E-state index is 12.5. The topological polar surface area (TPSA) is 29.5 Å². The third-order valence-electron chi connectivity index (χ3n) is 5.71. The third kappa shape index (κ3) is 4.47. The van der Waals surface area contributed by atoms with Crippen LogP contribution in [0, 0.1) is 17.8 Å². The minimum absolute atomic E-state index is 0.0683. The first kappa shape index (κ1) is 17.8. The maximum Gasteiger partial charge on any atom is 0.309 e. The van der Waals surface area contributed by atoms with Crippen molar-refractivity contribution < 1.29 is 9.53 Å². The van der Waals surface area contributed by atoms with Gasteiger partial charge in [-0.2, -0.15) is 0 Å². The van der Waals surface area contributed by atoms with Gasteiger partial charge in [0.2, 0.25) is 0 Å². The molecule has 0 aromatic rings. The van der Waals surface area contributed by atoms with Crippen LogP contribution in [0.5, 0.6) is 0 Å². The van der Waals surface area contributed by atoms with Crippen molar-refractivity contribution in [3.8, 4) is 0 Å². The second kappa shape index (κ2) is 7.81. The van der Waals surface area contributed by atoms with E-state index < -0.39 is 0 Å². The van der Waals surface area contributed by atoms with Crippen LogP contribution in [0.4, 0.5) is 0 Å². The van der Waals surface area contributed by atoms with Gasteiger partial charge in [-0.15, -0.1) is 0 Å². The van der Waals surface area contributed by atoms with Crippen molar-refractivity contribution in [2.24, 2.45) is 17.8 Å². The summed E-state index contributed by atoms with van der Waals surface area (Å²) in [6.07, 6.45) is 8.33. The Morgan fingerprint density at radius 3 is 2.55 bits per heavy atom. The number of carbonyl (C=O) groups excluding carboxylic acids is 1. The van der Waals surface area contributed by atoms with Gasteiger partial charge >= 0.3 is 5.97 Å². The van der Waals surface area contributed by atoms with Gasteiger partial charge in [0.1, 0.15) is 6.61 Å². The monoisotopic (exact) mass is 309 g/mol. The van der Waals surface area contributed by atoms with Crippen molar-refractivity contribution in [1.29, 1.82) is 0 Å². The number of ether oxygens (including phenoxy) is 1. The molecule has 0 bridgehead atoms. The summed E-state index contributed by atoms with van der Waals surface area (Å²) in [5.74, 6) is 1.55. The molecular formula is C19H35NO2. The van der Waals surface area contributed by atoms with Gasteiger partial charge in [-0.25, -0.2) is 0 Å². The lowest BCUT2D eigenvalue weighted by molar-refractivity contribution is -0.151. The smallest absolute Gasteiger partial charge is 0.309 e. The molecule has 0 radical (unpaired) electrons. The van der Waals surface area contributed by atoms with Gasteiger partial charge in [-0.05, 0) is 51.4 Å². The van der Waals surface area contributed by atoms with E-state index in [0.29, 0.717) is 12.5 Å². The fourth-order valence-electron chi connectivity index (χ4n) is 4.64.